The number of amides is 1. The summed E-state index contributed by atoms with van der Waals surface area (Å²) >= 11 is 0. The summed E-state index contributed by atoms with van der Waals surface area (Å²) in [6.07, 6.45) is 0.524. The van der Waals surface area contributed by atoms with Gasteiger partial charge in [-0.25, -0.2) is 4.79 Å². The first-order valence-electron chi connectivity index (χ1n) is 13.4. The number of hydrogen-bond acceptors (Lipinski definition) is 3. The Morgan fingerprint density at radius 1 is 0.919 bits per heavy atom. The fraction of sp³-hybridized carbons (Fsp3) is 0.516. The second-order valence-corrected chi connectivity index (χ2v) is 22.3. The number of hydrogen-bond donors (Lipinski definition) is 0. The van der Waals surface area contributed by atoms with E-state index < -0.39 is 22.0 Å². The van der Waals surface area contributed by atoms with Crippen LogP contribution in [0.1, 0.15) is 48.0 Å². The van der Waals surface area contributed by atoms with Crippen LogP contribution in [0, 0.1) is 17.4 Å². The van der Waals surface area contributed by atoms with Crippen LogP contribution in [0.15, 0.2) is 60.7 Å². The van der Waals surface area contributed by atoms with E-state index in [9.17, 15) is 4.79 Å². The highest BCUT2D eigenvalue weighted by Crippen LogP contribution is 2.37. The van der Waals surface area contributed by atoms with Gasteiger partial charge >= 0.3 is 6.09 Å². The lowest BCUT2D eigenvalue weighted by Crippen LogP contribution is -2.67. The van der Waals surface area contributed by atoms with Gasteiger partial charge in [0, 0.05) is 12.5 Å². The minimum absolute atomic E-state index is 0.0857. The summed E-state index contributed by atoms with van der Waals surface area (Å²) in [4.78, 5) is 15.2. The maximum absolute atomic E-state index is 13.3. The Balaban J connectivity index is 1.99. The van der Waals surface area contributed by atoms with Gasteiger partial charge in [-0.1, -0.05) is 101 Å². The van der Waals surface area contributed by atoms with E-state index in [4.69, 9.17) is 9.16 Å². The molecule has 0 saturated carbocycles. The van der Waals surface area contributed by atoms with Crippen molar-refractivity contribution in [3.8, 4) is 11.5 Å². The molecule has 1 fully saturated rings. The number of likely N-dealkylation sites (tertiary alicyclic amines) is 1. The maximum atomic E-state index is 13.3. The van der Waals surface area contributed by atoms with Crippen LogP contribution < -0.4 is 10.4 Å². The summed E-state index contributed by atoms with van der Waals surface area (Å²) in [5.74, 6) is 3.64. The van der Waals surface area contributed by atoms with Crippen molar-refractivity contribution in [3.05, 3.63) is 60.7 Å². The van der Waals surface area contributed by atoms with Crippen molar-refractivity contribution in [2.45, 2.75) is 84.3 Å². The SMILES string of the molecule is CC(C)(C)OC(=O)N1C[C@@H](C#C[Si](C)(C)C)C[C@@H]1CO[Si](c1ccccc1)(c1ccccc1)C(C)(C)C. The Morgan fingerprint density at radius 2 is 1.43 bits per heavy atom. The van der Waals surface area contributed by atoms with Gasteiger partial charge in [-0.3, -0.25) is 0 Å². The Hall–Kier alpha value is -2.34. The Kier molecular flexibility index (Phi) is 8.84. The topological polar surface area (TPSA) is 38.8 Å². The van der Waals surface area contributed by atoms with Crippen molar-refractivity contribution >= 4 is 32.9 Å². The number of benzene rings is 2. The third-order valence-electron chi connectivity index (χ3n) is 6.60. The third-order valence-corrected chi connectivity index (χ3v) is 12.5. The summed E-state index contributed by atoms with van der Waals surface area (Å²) in [5.41, 5.74) is 2.97. The average molecular weight is 536 g/mol. The Morgan fingerprint density at radius 3 is 1.86 bits per heavy atom. The molecule has 1 saturated heterocycles. The van der Waals surface area contributed by atoms with Gasteiger partial charge in [-0.05, 0) is 42.6 Å². The van der Waals surface area contributed by atoms with Gasteiger partial charge < -0.3 is 14.1 Å². The molecule has 1 heterocycles. The van der Waals surface area contributed by atoms with E-state index in [1.165, 1.54) is 10.4 Å². The molecule has 0 radical (unpaired) electrons. The summed E-state index contributed by atoms with van der Waals surface area (Å²) in [6, 6.07) is 21.2. The third kappa shape index (κ3) is 7.37. The van der Waals surface area contributed by atoms with Crippen molar-refractivity contribution < 1.29 is 14.0 Å². The van der Waals surface area contributed by atoms with Gasteiger partial charge in [0.1, 0.15) is 13.7 Å². The van der Waals surface area contributed by atoms with E-state index in [-0.39, 0.29) is 23.1 Å². The normalized spacial score (nSPS) is 18.8. The molecule has 2 aromatic carbocycles. The summed E-state index contributed by atoms with van der Waals surface area (Å²) in [5, 5.41) is 2.36. The molecular weight excluding hydrogens is 491 g/mol. The molecule has 2 atom stereocenters. The predicted molar refractivity (Wildman–Crippen MR) is 160 cm³/mol. The van der Waals surface area contributed by atoms with E-state index in [1.807, 2.05) is 25.7 Å². The Labute approximate surface area is 226 Å². The van der Waals surface area contributed by atoms with Crippen LogP contribution >= 0.6 is 0 Å². The molecule has 3 rings (SSSR count). The molecule has 4 nitrogen and oxygen atoms in total. The molecule has 0 aromatic heterocycles. The molecule has 37 heavy (non-hydrogen) atoms. The number of rotatable bonds is 5. The summed E-state index contributed by atoms with van der Waals surface area (Å²) in [7, 11) is -4.22. The highest BCUT2D eigenvalue weighted by Gasteiger charge is 2.51. The molecule has 1 amide bonds. The van der Waals surface area contributed by atoms with Crippen molar-refractivity contribution in [1.29, 1.82) is 0 Å². The van der Waals surface area contributed by atoms with Gasteiger partial charge in [0.15, 0.2) is 0 Å². The van der Waals surface area contributed by atoms with E-state index in [2.05, 4.69) is 113 Å². The molecule has 0 bridgehead atoms. The maximum Gasteiger partial charge on any atom is 0.410 e. The second kappa shape index (κ2) is 11.2. The first-order valence-corrected chi connectivity index (χ1v) is 18.8. The minimum Gasteiger partial charge on any atom is -0.444 e. The van der Waals surface area contributed by atoms with Gasteiger partial charge in [0.25, 0.3) is 8.32 Å². The number of carbonyl (C=O) groups excluding carboxylic acids is 1. The highest BCUT2D eigenvalue weighted by molar-refractivity contribution is 6.99. The van der Waals surface area contributed by atoms with Crippen LogP contribution in [0.3, 0.4) is 0 Å². The second-order valence-electron chi connectivity index (χ2n) is 13.2. The number of ether oxygens (including phenoxy) is 1. The van der Waals surface area contributed by atoms with Crippen LogP contribution in [-0.2, 0) is 9.16 Å². The van der Waals surface area contributed by atoms with E-state index in [1.54, 1.807) is 0 Å². The van der Waals surface area contributed by atoms with Gasteiger partial charge in [-0.2, -0.15) is 0 Å². The number of nitrogens with zero attached hydrogens (tertiary/aromatic N) is 1. The van der Waals surface area contributed by atoms with Crippen LogP contribution in [0.25, 0.3) is 0 Å². The van der Waals surface area contributed by atoms with E-state index >= 15 is 0 Å². The van der Waals surface area contributed by atoms with E-state index in [0.717, 1.165) is 6.42 Å². The minimum atomic E-state index is -2.71. The van der Waals surface area contributed by atoms with Gasteiger partial charge in [-0.15, -0.1) is 11.5 Å². The molecule has 1 aliphatic rings. The molecule has 6 heteroatoms. The highest BCUT2D eigenvalue weighted by atomic mass is 28.4. The van der Waals surface area contributed by atoms with Gasteiger partial charge in [0.05, 0.1) is 12.6 Å². The summed E-state index contributed by atoms with van der Waals surface area (Å²) < 4.78 is 13.0. The molecule has 0 unspecified atom stereocenters. The molecular formula is C31H45NO3Si2. The zero-order valence-electron chi connectivity index (χ0n) is 24.2. The predicted octanol–water partition coefficient (Wildman–Crippen LogP) is 6.07. The lowest BCUT2D eigenvalue weighted by atomic mass is 10.1. The standard InChI is InChI=1S/C31H45NO3Si2/c1-30(2,3)35-29(33)32-23-25(20-21-36(7,8)9)22-26(32)24-34-37(31(4,5)6,27-16-12-10-13-17-27)28-18-14-11-15-19-28/h10-19,25-26H,22-24H2,1-9H3/t25-,26+/m0/s1. The van der Waals surface area contributed by atoms with Crippen molar-refractivity contribution in [2.24, 2.45) is 5.92 Å². The van der Waals surface area contributed by atoms with Crippen LogP contribution in [0.2, 0.25) is 24.7 Å². The monoisotopic (exact) mass is 535 g/mol. The molecule has 200 valence electrons. The number of carbonyl (C=O) groups is 1. The summed E-state index contributed by atoms with van der Waals surface area (Å²) in [6.45, 7) is 20.4. The first kappa shape index (κ1) is 29.2. The fourth-order valence-corrected chi connectivity index (χ4v) is 10.3. The Bertz CT molecular complexity index is 1060. The lowest BCUT2D eigenvalue weighted by Gasteiger charge is -2.44. The van der Waals surface area contributed by atoms with Crippen molar-refractivity contribution in [2.75, 3.05) is 13.2 Å². The van der Waals surface area contributed by atoms with Crippen LogP contribution in [-0.4, -0.2) is 52.2 Å². The van der Waals surface area contributed by atoms with E-state index in [0.29, 0.717) is 13.2 Å². The van der Waals surface area contributed by atoms with Crippen LogP contribution in [0.4, 0.5) is 4.79 Å². The zero-order valence-corrected chi connectivity index (χ0v) is 26.2. The molecule has 0 aliphatic carbocycles. The molecule has 0 spiro atoms. The smallest absolute Gasteiger partial charge is 0.410 e. The molecule has 0 N–H and O–H groups in total. The van der Waals surface area contributed by atoms with Crippen molar-refractivity contribution in [1.82, 2.24) is 4.90 Å². The van der Waals surface area contributed by atoms with Gasteiger partial charge in [0.2, 0.25) is 0 Å². The van der Waals surface area contributed by atoms with Crippen LogP contribution in [0.5, 0.6) is 0 Å². The zero-order chi connectivity index (χ0) is 27.5. The van der Waals surface area contributed by atoms with Crippen molar-refractivity contribution in [3.63, 3.8) is 0 Å². The molecule has 2 aromatic rings. The molecule has 1 aliphatic heterocycles. The average Bonchev–Trinajstić information content (AvgIpc) is 3.21. The first-order chi connectivity index (χ1) is 17.1. The largest absolute Gasteiger partial charge is 0.444 e. The quantitative estimate of drug-likeness (QED) is 0.345. The lowest BCUT2D eigenvalue weighted by molar-refractivity contribution is 0.0181. The fourth-order valence-electron chi connectivity index (χ4n) is 5.02.